The lowest BCUT2D eigenvalue weighted by molar-refractivity contribution is 0.190. The van der Waals surface area contributed by atoms with Crippen LogP contribution < -0.4 is 0 Å². The molecule has 0 saturated carbocycles. The molecule has 1 rings (SSSR count). The number of allylic oxidation sites excluding steroid dienone is 3. The highest BCUT2D eigenvalue weighted by molar-refractivity contribution is 5.16. The number of rotatable bonds is 2. The van der Waals surface area contributed by atoms with Gasteiger partial charge in [0, 0.05) is 31.9 Å². The number of nitrogens with zero attached hydrogens (tertiary/aromatic N) is 2. The predicted octanol–water partition coefficient (Wildman–Crippen LogP) is 2.74. The molecule has 88 valence electrons. The maximum atomic E-state index is 2.44. The molecule has 0 aromatic heterocycles. The standard InChI is InChI=1S/C11H20N2.C2H6/c1-4-6-11(5-2)13-9-7-12(3)8-10-13;1-2/h4-6H,7-10H2,1-3H3;1-2H3/b6-4-,11-5+;. The average Bonchev–Trinajstić information content (AvgIpc) is 2.30. The minimum atomic E-state index is 1.15. The van der Waals surface area contributed by atoms with E-state index in [4.69, 9.17) is 0 Å². The van der Waals surface area contributed by atoms with E-state index >= 15 is 0 Å². The molecule has 15 heavy (non-hydrogen) atoms. The van der Waals surface area contributed by atoms with Crippen molar-refractivity contribution in [1.29, 1.82) is 0 Å². The van der Waals surface area contributed by atoms with Gasteiger partial charge in [-0.2, -0.15) is 0 Å². The molecule has 0 aliphatic carbocycles. The molecular weight excluding hydrogens is 184 g/mol. The molecule has 0 bridgehead atoms. The van der Waals surface area contributed by atoms with Crippen LogP contribution in [0.1, 0.15) is 27.7 Å². The van der Waals surface area contributed by atoms with E-state index in [2.05, 4.69) is 48.9 Å². The largest absolute Gasteiger partial charge is 0.369 e. The van der Waals surface area contributed by atoms with Gasteiger partial charge in [-0.05, 0) is 27.0 Å². The Bertz CT molecular complexity index is 199. The molecule has 0 radical (unpaired) electrons. The smallest absolute Gasteiger partial charge is 0.0320 e. The maximum absolute atomic E-state index is 2.44. The lowest BCUT2D eigenvalue weighted by Gasteiger charge is -2.34. The minimum absolute atomic E-state index is 1.15. The van der Waals surface area contributed by atoms with E-state index in [1.165, 1.54) is 18.8 Å². The van der Waals surface area contributed by atoms with E-state index in [0.717, 1.165) is 13.1 Å². The zero-order valence-electron chi connectivity index (χ0n) is 11.0. The van der Waals surface area contributed by atoms with Gasteiger partial charge in [0.05, 0.1) is 0 Å². The molecule has 0 amide bonds. The van der Waals surface area contributed by atoms with Gasteiger partial charge in [0.2, 0.25) is 0 Å². The van der Waals surface area contributed by atoms with E-state index in [-0.39, 0.29) is 0 Å². The number of hydrogen-bond donors (Lipinski definition) is 0. The minimum Gasteiger partial charge on any atom is -0.369 e. The van der Waals surface area contributed by atoms with Gasteiger partial charge in [-0.15, -0.1) is 0 Å². The number of hydrogen-bond acceptors (Lipinski definition) is 2. The van der Waals surface area contributed by atoms with Gasteiger partial charge >= 0.3 is 0 Å². The lowest BCUT2D eigenvalue weighted by Crippen LogP contribution is -2.43. The summed E-state index contributed by atoms with van der Waals surface area (Å²) in [4.78, 5) is 4.82. The molecule has 1 aliphatic heterocycles. The van der Waals surface area contributed by atoms with Crippen LogP contribution in [0.15, 0.2) is 23.9 Å². The van der Waals surface area contributed by atoms with Gasteiger partial charge in [0.1, 0.15) is 0 Å². The zero-order valence-corrected chi connectivity index (χ0v) is 11.0. The Hall–Kier alpha value is -0.760. The molecule has 2 heteroatoms. The van der Waals surface area contributed by atoms with Crippen molar-refractivity contribution in [1.82, 2.24) is 9.80 Å². The summed E-state index contributed by atoms with van der Waals surface area (Å²) in [5, 5.41) is 0. The van der Waals surface area contributed by atoms with E-state index in [0.29, 0.717) is 0 Å². The van der Waals surface area contributed by atoms with Crippen LogP contribution in [-0.2, 0) is 0 Å². The first-order chi connectivity index (χ1) is 7.27. The zero-order chi connectivity index (χ0) is 11.7. The molecule has 0 atom stereocenters. The van der Waals surface area contributed by atoms with E-state index < -0.39 is 0 Å². The fourth-order valence-electron chi connectivity index (χ4n) is 1.62. The van der Waals surface area contributed by atoms with Crippen molar-refractivity contribution in [3.63, 3.8) is 0 Å². The van der Waals surface area contributed by atoms with E-state index in [9.17, 15) is 0 Å². The second-order valence-electron chi connectivity index (χ2n) is 3.50. The topological polar surface area (TPSA) is 6.48 Å². The molecule has 0 aromatic carbocycles. The Morgan fingerprint density at radius 3 is 1.93 bits per heavy atom. The maximum Gasteiger partial charge on any atom is 0.0320 e. The summed E-state index contributed by atoms with van der Waals surface area (Å²) in [5.41, 5.74) is 1.36. The summed E-state index contributed by atoms with van der Waals surface area (Å²) in [6, 6.07) is 0. The van der Waals surface area contributed by atoms with Crippen molar-refractivity contribution in [3.05, 3.63) is 23.9 Å². The third-order valence-electron chi connectivity index (χ3n) is 2.50. The van der Waals surface area contributed by atoms with Crippen molar-refractivity contribution >= 4 is 0 Å². The first-order valence-corrected chi connectivity index (χ1v) is 6.00. The Morgan fingerprint density at radius 1 is 1.00 bits per heavy atom. The van der Waals surface area contributed by atoms with Crippen molar-refractivity contribution < 1.29 is 0 Å². The monoisotopic (exact) mass is 210 g/mol. The van der Waals surface area contributed by atoms with Crippen molar-refractivity contribution in [2.45, 2.75) is 27.7 Å². The van der Waals surface area contributed by atoms with Crippen molar-refractivity contribution in [2.75, 3.05) is 33.2 Å². The van der Waals surface area contributed by atoms with Gasteiger partial charge in [0.15, 0.2) is 0 Å². The normalized spacial score (nSPS) is 19.0. The summed E-state index contributed by atoms with van der Waals surface area (Å²) in [6.45, 7) is 12.8. The summed E-state index contributed by atoms with van der Waals surface area (Å²) < 4.78 is 0. The van der Waals surface area contributed by atoms with Gasteiger partial charge in [0.25, 0.3) is 0 Å². The number of piperazine rings is 1. The Labute approximate surface area is 95.3 Å². The highest BCUT2D eigenvalue weighted by Gasteiger charge is 2.13. The summed E-state index contributed by atoms with van der Waals surface area (Å²) in [5.74, 6) is 0. The third kappa shape index (κ3) is 5.03. The highest BCUT2D eigenvalue weighted by Crippen LogP contribution is 2.09. The van der Waals surface area contributed by atoms with Crippen LogP contribution in [0.5, 0.6) is 0 Å². The van der Waals surface area contributed by atoms with Crippen LogP contribution in [0.4, 0.5) is 0 Å². The quantitative estimate of drug-likeness (QED) is 0.647. The average molecular weight is 210 g/mol. The molecule has 1 heterocycles. The van der Waals surface area contributed by atoms with E-state index in [1.807, 2.05) is 13.8 Å². The van der Waals surface area contributed by atoms with Gasteiger partial charge in [-0.3, -0.25) is 0 Å². The van der Waals surface area contributed by atoms with Crippen LogP contribution in [0.25, 0.3) is 0 Å². The number of likely N-dealkylation sites (N-methyl/N-ethyl adjacent to an activating group) is 1. The van der Waals surface area contributed by atoms with Gasteiger partial charge < -0.3 is 9.80 Å². The first-order valence-electron chi connectivity index (χ1n) is 6.00. The molecule has 0 unspecified atom stereocenters. The van der Waals surface area contributed by atoms with Crippen LogP contribution in [0.2, 0.25) is 0 Å². The van der Waals surface area contributed by atoms with Crippen LogP contribution >= 0.6 is 0 Å². The van der Waals surface area contributed by atoms with E-state index in [1.54, 1.807) is 0 Å². The SMILES string of the molecule is C/C=C\C(=C/C)N1CCN(C)CC1.CC. The third-order valence-corrected chi connectivity index (χ3v) is 2.50. The fourth-order valence-corrected chi connectivity index (χ4v) is 1.62. The molecule has 2 nitrogen and oxygen atoms in total. The Morgan fingerprint density at radius 2 is 1.53 bits per heavy atom. The molecule has 1 aliphatic rings. The van der Waals surface area contributed by atoms with Crippen molar-refractivity contribution in [3.8, 4) is 0 Å². The predicted molar refractivity (Wildman–Crippen MR) is 69.0 cm³/mol. The highest BCUT2D eigenvalue weighted by atomic mass is 15.2. The molecule has 0 aromatic rings. The summed E-state index contributed by atoms with van der Waals surface area (Å²) in [6.07, 6.45) is 6.48. The summed E-state index contributed by atoms with van der Waals surface area (Å²) in [7, 11) is 2.18. The Balaban J connectivity index is 0.000000921. The second kappa shape index (κ2) is 8.54. The summed E-state index contributed by atoms with van der Waals surface area (Å²) >= 11 is 0. The lowest BCUT2D eigenvalue weighted by atomic mass is 10.2. The Kier molecular flexibility index (Phi) is 8.11. The molecule has 0 N–H and O–H groups in total. The second-order valence-corrected chi connectivity index (χ2v) is 3.50. The first kappa shape index (κ1) is 14.2. The van der Waals surface area contributed by atoms with Crippen LogP contribution in [0.3, 0.4) is 0 Å². The fraction of sp³-hybridized carbons (Fsp3) is 0.692. The van der Waals surface area contributed by atoms with Gasteiger partial charge in [-0.25, -0.2) is 0 Å². The van der Waals surface area contributed by atoms with Gasteiger partial charge in [-0.1, -0.05) is 26.0 Å². The van der Waals surface area contributed by atoms with Crippen molar-refractivity contribution in [2.24, 2.45) is 0 Å². The molecule has 1 saturated heterocycles. The van der Waals surface area contributed by atoms with Crippen LogP contribution in [-0.4, -0.2) is 43.0 Å². The molecule has 0 spiro atoms. The molecule has 1 fully saturated rings. The van der Waals surface area contributed by atoms with Crippen LogP contribution in [0, 0.1) is 0 Å². The molecular formula is C13H26N2.